The van der Waals surface area contributed by atoms with Gasteiger partial charge in [0.15, 0.2) is 0 Å². The van der Waals surface area contributed by atoms with Crippen molar-refractivity contribution in [2.45, 2.75) is 13.3 Å². The third-order valence-corrected chi connectivity index (χ3v) is 5.01. The normalized spacial score (nSPS) is 10.3. The first-order valence-corrected chi connectivity index (χ1v) is 10.4. The standard InChI is InChI=1S/C27H21N3O3/c1-18(31)29-22-14-12-19(13-15-22)16-24(32)30-27-23(17-28)25(20-8-4-2-5-9-20)26(33-27)21-10-6-3-7-11-21/h2-15H,16H2,1H3,(H,29,31)(H,30,32). The van der Waals surface area contributed by atoms with Crippen molar-refractivity contribution in [2.24, 2.45) is 0 Å². The van der Waals surface area contributed by atoms with Gasteiger partial charge in [-0.2, -0.15) is 5.26 Å². The Labute approximate surface area is 191 Å². The van der Waals surface area contributed by atoms with Gasteiger partial charge in [0.2, 0.25) is 17.7 Å². The molecule has 1 heterocycles. The van der Waals surface area contributed by atoms with E-state index in [0.717, 1.165) is 16.7 Å². The molecule has 33 heavy (non-hydrogen) atoms. The molecule has 0 spiro atoms. The fourth-order valence-electron chi connectivity index (χ4n) is 3.56. The van der Waals surface area contributed by atoms with Crippen molar-refractivity contribution in [3.63, 3.8) is 0 Å². The van der Waals surface area contributed by atoms with Crippen LogP contribution in [-0.4, -0.2) is 11.8 Å². The Morgan fingerprint density at radius 2 is 1.45 bits per heavy atom. The second-order valence-electron chi connectivity index (χ2n) is 7.46. The van der Waals surface area contributed by atoms with E-state index >= 15 is 0 Å². The zero-order chi connectivity index (χ0) is 23.2. The Kier molecular flexibility index (Phi) is 6.33. The number of hydrogen-bond acceptors (Lipinski definition) is 4. The molecule has 4 rings (SSSR count). The largest absolute Gasteiger partial charge is 0.438 e. The molecule has 0 saturated heterocycles. The monoisotopic (exact) mass is 435 g/mol. The van der Waals surface area contributed by atoms with Gasteiger partial charge in [0, 0.05) is 23.7 Å². The lowest BCUT2D eigenvalue weighted by atomic mass is 9.98. The maximum Gasteiger partial charge on any atom is 0.231 e. The number of nitrogens with one attached hydrogen (secondary N) is 2. The number of nitriles is 1. The molecule has 0 aliphatic carbocycles. The number of carbonyl (C=O) groups is 2. The SMILES string of the molecule is CC(=O)Nc1ccc(CC(=O)Nc2oc(-c3ccccc3)c(-c3ccccc3)c2C#N)cc1. The van der Waals surface area contributed by atoms with Crippen molar-refractivity contribution in [3.05, 3.63) is 96.1 Å². The molecule has 0 radical (unpaired) electrons. The van der Waals surface area contributed by atoms with Gasteiger partial charge in [0.25, 0.3) is 0 Å². The molecule has 0 fully saturated rings. The number of hydrogen-bond donors (Lipinski definition) is 2. The van der Waals surface area contributed by atoms with Crippen LogP contribution in [0.5, 0.6) is 0 Å². The van der Waals surface area contributed by atoms with E-state index in [1.807, 2.05) is 60.7 Å². The van der Waals surface area contributed by atoms with E-state index in [1.165, 1.54) is 6.92 Å². The highest BCUT2D eigenvalue weighted by molar-refractivity contribution is 5.96. The minimum Gasteiger partial charge on any atom is -0.438 e. The van der Waals surface area contributed by atoms with Gasteiger partial charge >= 0.3 is 0 Å². The summed E-state index contributed by atoms with van der Waals surface area (Å²) in [6.07, 6.45) is 0.0905. The van der Waals surface area contributed by atoms with E-state index in [9.17, 15) is 14.9 Å². The van der Waals surface area contributed by atoms with Crippen molar-refractivity contribution >= 4 is 23.4 Å². The zero-order valence-corrected chi connectivity index (χ0v) is 18.0. The molecule has 0 saturated carbocycles. The number of amides is 2. The van der Waals surface area contributed by atoms with E-state index in [-0.39, 0.29) is 29.7 Å². The molecule has 4 aromatic rings. The Balaban J connectivity index is 1.64. The van der Waals surface area contributed by atoms with Crippen LogP contribution in [0.2, 0.25) is 0 Å². The molecule has 3 aromatic carbocycles. The highest BCUT2D eigenvalue weighted by Gasteiger charge is 2.24. The van der Waals surface area contributed by atoms with Crippen LogP contribution in [0, 0.1) is 11.3 Å². The van der Waals surface area contributed by atoms with Crippen LogP contribution in [0.3, 0.4) is 0 Å². The van der Waals surface area contributed by atoms with E-state index < -0.39 is 0 Å². The molecule has 6 heteroatoms. The summed E-state index contributed by atoms with van der Waals surface area (Å²) in [6.45, 7) is 1.44. The maximum absolute atomic E-state index is 12.8. The number of furan rings is 1. The molecule has 6 nitrogen and oxygen atoms in total. The summed E-state index contributed by atoms with van der Waals surface area (Å²) in [5.41, 5.74) is 3.96. The highest BCUT2D eigenvalue weighted by Crippen LogP contribution is 2.41. The average molecular weight is 435 g/mol. The number of carbonyl (C=O) groups excluding carboxylic acids is 2. The second-order valence-corrected chi connectivity index (χ2v) is 7.46. The van der Waals surface area contributed by atoms with Gasteiger partial charge < -0.3 is 9.73 Å². The molecule has 162 valence electrons. The van der Waals surface area contributed by atoms with Crippen molar-refractivity contribution in [1.82, 2.24) is 0 Å². The van der Waals surface area contributed by atoms with E-state index in [4.69, 9.17) is 4.42 Å². The fourth-order valence-corrected chi connectivity index (χ4v) is 3.56. The van der Waals surface area contributed by atoms with Gasteiger partial charge in [-0.05, 0) is 23.3 Å². The van der Waals surface area contributed by atoms with Gasteiger partial charge in [-0.25, -0.2) is 0 Å². The molecule has 2 N–H and O–H groups in total. The number of nitrogens with zero attached hydrogens (tertiary/aromatic N) is 1. The van der Waals surface area contributed by atoms with E-state index in [2.05, 4.69) is 16.7 Å². The molecule has 2 amide bonds. The van der Waals surface area contributed by atoms with Crippen molar-refractivity contribution < 1.29 is 14.0 Å². The molecular weight excluding hydrogens is 414 g/mol. The van der Waals surface area contributed by atoms with E-state index in [1.54, 1.807) is 24.3 Å². The van der Waals surface area contributed by atoms with Crippen molar-refractivity contribution in [3.8, 4) is 28.5 Å². The Bertz CT molecular complexity index is 1320. The molecule has 0 unspecified atom stereocenters. The molecule has 1 aromatic heterocycles. The first-order valence-electron chi connectivity index (χ1n) is 10.4. The van der Waals surface area contributed by atoms with Crippen LogP contribution < -0.4 is 10.6 Å². The van der Waals surface area contributed by atoms with Crippen LogP contribution in [-0.2, 0) is 16.0 Å². The lowest BCUT2D eigenvalue weighted by Gasteiger charge is -2.05. The average Bonchev–Trinajstić information content (AvgIpc) is 3.19. The number of benzene rings is 3. The smallest absolute Gasteiger partial charge is 0.231 e. The minimum atomic E-state index is -0.313. The first-order chi connectivity index (χ1) is 16.0. The molecule has 0 aliphatic rings. The Morgan fingerprint density at radius 1 is 0.848 bits per heavy atom. The summed E-state index contributed by atoms with van der Waals surface area (Å²) in [6, 6.07) is 28.2. The summed E-state index contributed by atoms with van der Waals surface area (Å²) in [5, 5.41) is 15.4. The first kappa shape index (κ1) is 21.6. The fraction of sp³-hybridized carbons (Fsp3) is 0.0741. The highest BCUT2D eigenvalue weighted by atomic mass is 16.4. The minimum absolute atomic E-state index is 0.0905. The quantitative estimate of drug-likeness (QED) is 0.411. The summed E-state index contributed by atoms with van der Waals surface area (Å²) >= 11 is 0. The van der Waals surface area contributed by atoms with Crippen LogP contribution in [0.25, 0.3) is 22.5 Å². The third-order valence-electron chi connectivity index (χ3n) is 5.01. The number of anilines is 2. The summed E-state index contributed by atoms with van der Waals surface area (Å²) in [7, 11) is 0. The third kappa shape index (κ3) is 5.00. The van der Waals surface area contributed by atoms with Crippen LogP contribution in [0.4, 0.5) is 11.6 Å². The molecule has 0 atom stereocenters. The van der Waals surface area contributed by atoms with Crippen LogP contribution in [0.15, 0.2) is 89.3 Å². The van der Waals surface area contributed by atoms with Gasteiger partial charge in [-0.1, -0.05) is 72.8 Å². The summed E-state index contributed by atoms with van der Waals surface area (Å²) in [5.74, 6) is 0.168. The topological polar surface area (TPSA) is 95.1 Å². The molecule has 0 aliphatic heterocycles. The zero-order valence-electron chi connectivity index (χ0n) is 18.0. The van der Waals surface area contributed by atoms with Gasteiger partial charge in [-0.3, -0.25) is 14.9 Å². The van der Waals surface area contributed by atoms with Crippen LogP contribution >= 0.6 is 0 Å². The second kappa shape index (κ2) is 9.67. The molecule has 0 bridgehead atoms. The van der Waals surface area contributed by atoms with Crippen LogP contribution in [0.1, 0.15) is 18.1 Å². The van der Waals surface area contributed by atoms with Crippen molar-refractivity contribution in [2.75, 3.05) is 10.6 Å². The lowest BCUT2D eigenvalue weighted by molar-refractivity contribution is -0.116. The van der Waals surface area contributed by atoms with Gasteiger partial charge in [0.1, 0.15) is 17.4 Å². The Morgan fingerprint density at radius 3 is 2.03 bits per heavy atom. The predicted octanol–water partition coefficient (Wildman–Crippen LogP) is 5.62. The molecular formula is C27H21N3O3. The number of rotatable bonds is 6. The van der Waals surface area contributed by atoms with Gasteiger partial charge in [0.05, 0.1) is 6.42 Å². The summed E-state index contributed by atoms with van der Waals surface area (Å²) < 4.78 is 6.05. The van der Waals surface area contributed by atoms with Crippen molar-refractivity contribution in [1.29, 1.82) is 5.26 Å². The maximum atomic E-state index is 12.8. The van der Waals surface area contributed by atoms with Gasteiger partial charge in [-0.15, -0.1) is 0 Å². The predicted molar refractivity (Wildman–Crippen MR) is 127 cm³/mol. The lowest BCUT2D eigenvalue weighted by Crippen LogP contribution is -2.14. The Hall–Kier alpha value is -4.63. The summed E-state index contributed by atoms with van der Waals surface area (Å²) in [4.78, 5) is 23.9. The van der Waals surface area contributed by atoms with E-state index in [0.29, 0.717) is 17.0 Å².